The monoisotopic (exact) mass is 433 g/mol. The van der Waals surface area contributed by atoms with Crippen LogP contribution in [0.15, 0.2) is 55.0 Å². The van der Waals surface area contributed by atoms with Gasteiger partial charge in [-0.05, 0) is 56.4 Å². The molecule has 3 fully saturated rings. The highest BCUT2D eigenvalue weighted by molar-refractivity contribution is 6.30. The van der Waals surface area contributed by atoms with Gasteiger partial charge in [-0.2, -0.15) is 0 Å². The molecule has 6 nitrogen and oxygen atoms in total. The van der Waals surface area contributed by atoms with Crippen molar-refractivity contribution in [3.63, 3.8) is 0 Å². The second-order valence-electron chi connectivity index (χ2n) is 8.44. The van der Waals surface area contributed by atoms with Crippen molar-refractivity contribution in [3.8, 4) is 11.4 Å². The van der Waals surface area contributed by atoms with Gasteiger partial charge in [0.25, 0.3) is 5.91 Å². The summed E-state index contributed by atoms with van der Waals surface area (Å²) >= 11 is 5.97. The molecule has 1 N–H and O–H groups in total. The van der Waals surface area contributed by atoms with E-state index in [4.69, 9.17) is 11.6 Å². The Balaban J connectivity index is 1.44. The summed E-state index contributed by atoms with van der Waals surface area (Å²) in [5, 5.41) is 4.16. The number of anilines is 1. The molecule has 2 bridgehead atoms. The number of carbonyl (C=O) groups is 1. The number of pyridine rings is 1. The molecule has 4 heterocycles. The van der Waals surface area contributed by atoms with Crippen molar-refractivity contribution in [3.05, 3.63) is 71.1 Å². The molecule has 3 aromatic rings. The van der Waals surface area contributed by atoms with E-state index in [9.17, 15) is 4.79 Å². The third kappa shape index (κ3) is 4.00. The highest BCUT2D eigenvalue weighted by Gasteiger charge is 2.43. The topological polar surface area (TPSA) is 71.0 Å². The third-order valence-electron chi connectivity index (χ3n) is 6.31. The van der Waals surface area contributed by atoms with Gasteiger partial charge in [-0.1, -0.05) is 29.3 Å². The predicted molar refractivity (Wildman–Crippen MR) is 121 cm³/mol. The molecule has 3 atom stereocenters. The summed E-state index contributed by atoms with van der Waals surface area (Å²) in [6.07, 6.45) is 8.25. The largest absolute Gasteiger partial charge is 0.365 e. The highest BCUT2D eigenvalue weighted by Crippen LogP contribution is 2.38. The van der Waals surface area contributed by atoms with Gasteiger partial charge >= 0.3 is 0 Å². The highest BCUT2D eigenvalue weighted by atomic mass is 35.5. The van der Waals surface area contributed by atoms with Crippen LogP contribution in [0.25, 0.3) is 11.4 Å². The minimum atomic E-state index is 0.0522. The van der Waals surface area contributed by atoms with Crippen LogP contribution in [0.2, 0.25) is 5.02 Å². The molecule has 6 rings (SSSR count). The van der Waals surface area contributed by atoms with Crippen molar-refractivity contribution in [1.29, 1.82) is 0 Å². The summed E-state index contributed by atoms with van der Waals surface area (Å²) in [6.45, 7) is 2.80. The normalized spacial score (nSPS) is 22.4. The van der Waals surface area contributed by atoms with Gasteiger partial charge in [0.2, 0.25) is 0 Å². The van der Waals surface area contributed by atoms with Gasteiger partial charge in [0, 0.05) is 36.7 Å². The Hall–Kier alpha value is -2.99. The molecule has 158 valence electrons. The zero-order valence-electron chi connectivity index (χ0n) is 17.3. The zero-order chi connectivity index (χ0) is 21.4. The quantitative estimate of drug-likeness (QED) is 0.650. The van der Waals surface area contributed by atoms with Crippen molar-refractivity contribution >= 4 is 23.3 Å². The second kappa shape index (κ2) is 8.27. The van der Waals surface area contributed by atoms with E-state index in [1.165, 1.54) is 0 Å². The molecule has 0 spiro atoms. The Morgan fingerprint density at radius 3 is 2.71 bits per heavy atom. The molecule has 1 aliphatic carbocycles. The van der Waals surface area contributed by atoms with Crippen LogP contribution < -0.4 is 5.32 Å². The van der Waals surface area contributed by atoms with E-state index in [0.717, 1.165) is 42.8 Å². The number of nitrogens with one attached hydrogen (secondary N) is 1. The number of nitrogens with zero attached hydrogens (tertiary/aromatic N) is 4. The molecular formula is C24H24ClN5O. The van der Waals surface area contributed by atoms with Gasteiger partial charge in [0.05, 0.1) is 16.6 Å². The molecule has 3 unspecified atom stereocenters. The molecule has 7 heteroatoms. The summed E-state index contributed by atoms with van der Waals surface area (Å²) in [6, 6.07) is 11.7. The van der Waals surface area contributed by atoms with Crippen LogP contribution in [-0.2, 0) is 0 Å². The minimum Gasteiger partial charge on any atom is -0.365 e. The van der Waals surface area contributed by atoms with Crippen LogP contribution >= 0.6 is 11.6 Å². The molecule has 2 saturated heterocycles. The fourth-order valence-electron chi connectivity index (χ4n) is 4.86. The number of benzene rings is 1. The fourth-order valence-corrected chi connectivity index (χ4v) is 4.97. The number of halogens is 1. The van der Waals surface area contributed by atoms with Crippen molar-refractivity contribution < 1.29 is 4.79 Å². The number of hydrogen-bond donors (Lipinski definition) is 1. The van der Waals surface area contributed by atoms with Crippen LogP contribution in [-0.4, -0.2) is 44.4 Å². The van der Waals surface area contributed by atoms with Gasteiger partial charge in [-0.3, -0.25) is 4.79 Å². The Morgan fingerprint density at radius 2 is 1.97 bits per heavy atom. The number of piperidine rings is 2. The summed E-state index contributed by atoms with van der Waals surface area (Å²) in [4.78, 5) is 29.0. The van der Waals surface area contributed by atoms with Crippen molar-refractivity contribution in [2.75, 3.05) is 11.9 Å². The second-order valence-corrected chi connectivity index (χ2v) is 8.87. The SMILES string of the molecule is Cc1ccc(-c2ncccn2)c(C(=O)N2CC3CCC2C(Nc2ccc(Cl)cn2)C3)c1. The van der Waals surface area contributed by atoms with Crippen molar-refractivity contribution in [2.24, 2.45) is 5.92 Å². The Bertz CT molecular complexity index is 1090. The number of fused-ring (bicyclic) bond motifs is 3. The molecule has 3 aliphatic rings. The summed E-state index contributed by atoms with van der Waals surface area (Å²) < 4.78 is 0. The van der Waals surface area contributed by atoms with E-state index in [2.05, 4.69) is 20.3 Å². The lowest BCUT2D eigenvalue weighted by molar-refractivity contribution is 0.0282. The molecule has 1 saturated carbocycles. The standard InChI is InChI=1S/C24H24ClN5O/c1-15-3-6-18(23-26-9-2-10-27-23)19(11-15)24(31)30-14-16-4-7-21(30)20(12-16)29-22-8-5-17(25)13-28-22/h2-3,5-6,8-11,13,16,20-21H,4,7,12,14H2,1H3,(H,28,29). The average Bonchev–Trinajstić information content (AvgIpc) is 2.81. The van der Waals surface area contributed by atoms with Crippen LogP contribution in [0, 0.1) is 12.8 Å². The van der Waals surface area contributed by atoms with Gasteiger partial charge in [0.15, 0.2) is 5.82 Å². The smallest absolute Gasteiger partial charge is 0.254 e. The number of hydrogen-bond acceptors (Lipinski definition) is 5. The Morgan fingerprint density at radius 1 is 1.13 bits per heavy atom. The number of carbonyl (C=O) groups excluding carboxylic acids is 1. The van der Waals surface area contributed by atoms with Crippen LogP contribution in [0.3, 0.4) is 0 Å². The molecule has 2 aliphatic heterocycles. The minimum absolute atomic E-state index is 0.0522. The van der Waals surface area contributed by atoms with Crippen molar-refractivity contribution in [2.45, 2.75) is 38.3 Å². The Labute approximate surface area is 186 Å². The number of amides is 1. The lowest BCUT2D eigenvalue weighted by atomic mass is 9.76. The van der Waals surface area contributed by atoms with Crippen molar-refractivity contribution in [1.82, 2.24) is 19.9 Å². The maximum atomic E-state index is 13.8. The van der Waals surface area contributed by atoms with E-state index in [1.807, 2.05) is 42.2 Å². The number of aryl methyl sites for hydroxylation is 1. The first-order chi connectivity index (χ1) is 15.1. The van der Waals surface area contributed by atoms with E-state index < -0.39 is 0 Å². The molecular weight excluding hydrogens is 410 g/mol. The summed E-state index contributed by atoms with van der Waals surface area (Å²) in [5.41, 5.74) is 2.49. The molecule has 1 aromatic carbocycles. The van der Waals surface area contributed by atoms with E-state index >= 15 is 0 Å². The predicted octanol–water partition coefficient (Wildman–Crippen LogP) is 4.61. The third-order valence-corrected chi connectivity index (χ3v) is 6.53. The van der Waals surface area contributed by atoms with Gasteiger partial charge < -0.3 is 10.2 Å². The fraction of sp³-hybridized carbons (Fsp3) is 0.333. The van der Waals surface area contributed by atoms with Gasteiger partial charge in [0.1, 0.15) is 5.82 Å². The maximum Gasteiger partial charge on any atom is 0.254 e. The number of aromatic nitrogens is 3. The first-order valence-corrected chi connectivity index (χ1v) is 11.0. The maximum absolute atomic E-state index is 13.8. The van der Waals surface area contributed by atoms with E-state index in [-0.39, 0.29) is 18.0 Å². The molecule has 2 aromatic heterocycles. The lowest BCUT2D eigenvalue weighted by Crippen LogP contribution is -2.59. The lowest BCUT2D eigenvalue weighted by Gasteiger charge is -2.50. The van der Waals surface area contributed by atoms with E-state index in [0.29, 0.717) is 22.3 Å². The first-order valence-electron chi connectivity index (χ1n) is 10.7. The van der Waals surface area contributed by atoms with Gasteiger partial charge in [-0.15, -0.1) is 0 Å². The average molecular weight is 434 g/mol. The van der Waals surface area contributed by atoms with Crippen LogP contribution in [0.1, 0.15) is 35.2 Å². The zero-order valence-corrected chi connectivity index (χ0v) is 18.1. The number of rotatable bonds is 4. The van der Waals surface area contributed by atoms with E-state index in [1.54, 1.807) is 24.7 Å². The van der Waals surface area contributed by atoms with Crippen LogP contribution in [0.4, 0.5) is 5.82 Å². The molecule has 31 heavy (non-hydrogen) atoms. The Kier molecular flexibility index (Phi) is 5.32. The molecule has 1 amide bonds. The van der Waals surface area contributed by atoms with Gasteiger partial charge in [-0.25, -0.2) is 15.0 Å². The molecule has 0 radical (unpaired) electrons. The summed E-state index contributed by atoms with van der Waals surface area (Å²) in [7, 11) is 0. The summed E-state index contributed by atoms with van der Waals surface area (Å²) in [5.74, 6) is 1.91. The first kappa shape index (κ1) is 19.9. The van der Waals surface area contributed by atoms with Crippen LogP contribution in [0.5, 0.6) is 0 Å².